The van der Waals surface area contributed by atoms with Crippen molar-refractivity contribution in [1.29, 1.82) is 0 Å². The van der Waals surface area contributed by atoms with Crippen molar-refractivity contribution in [2.75, 3.05) is 56.5 Å². The van der Waals surface area contributed by atoms with Crippen LogP contribution in [0.25, 0.3) is 10.9 Å². The number of pyridine rings is 1. The molecule has 3 aromatic rings. The molecular weight excluding hydrogens is 524 g/mol. The van der Waals surface area contributed by atoms with Gasteiger partial charge >= 0.3 is 0 Å². The molecule has 0 spiro atoms. The first-order valence-electron chi connectivity index (χ1n) is 14.4. The summed E-state index contributed by atoms with van der Waals surface area (Å²) in [7, 11) is 2.15. The van der Waals surface area contributed by atoms with Crippen molar-refractivity contribution in [2.24, 2.45) is 0 Å². The lowest BCUT2D eigenvalue weighted by Crippen LogP contribution is -2.44. The van der Waals surface area contributed by atoms with Crippen molar-refractivity contribution in [2.45, 2.75) is 51.4 Å². The average molecular weight is 565 g/mol. The number of aliphatic hydroxyl groups is 1. The van der Waals surface area contributed by atoms with Crippen LogP contribution in [0.1, 0.15) is 36.8 Å². The number of likely N-dealkylation sites (N-methyl/N-ethyl adjacent to an activating group) is 1. The van der Waals surface area contributed by atoms with Gasteiger partial charge in [0.15, 0.2) is 0 Å². The summed E-state index contributed by atoms with van der Waals surface area (Å²) in [5, 5.41) is 18.7. The number of amides is 1. The van der Waals surface area contributed by atoms with E-state index >= 15 is 0 Å². The third-order valence-corrected chi connectivity index (χ3v) is 8.33. The summed E-state index contributed by atoms with van der Waals surface area (Å²) in [4.78, 5) is 24.6. The summed E-state index contributed by atoms with van der Waals surface area (Å²) >= 11 is 5.99. The Hall–Kier alpha value is -2.91. The Morgan fingerprint density at radius 2 is 1.77 bits per heavy atom. The molecule has 8 nitrogen and oxygen atoms in total. The summed E-state index contributed by atoms with van der Waals surface area (Å²) in [5.74, 6) is 1.02. The van der Waals surface area contributed by atoms with Gasteiger partial charge in [-0.2, -0.15) is 0 Å². The second kappa shape index (κ2) is 13.2. The lowest BCUT2D eigenvalue weighted by Gasteiger charge is -2.33. The zero-order chi connectivity index (χ0) is 28.1. The minimum Gasteiger partial charge on any atom is -0.374 e. The number of aromatic nitrogens is 1. The number of nitrogens with one attached hydrogen (secondary N) is 2. The molecule has 2 saturated heterocycles. The highest BCUT2D eigenvalue weighted by Gasteiger charge is 2.21. The van der Waals surface area contributed by atoms with E-state index in [2.05, 4.69) is 57.5 Å². The van der Waals surface area contributed by atoms with Crippen LogP contribution in [-0.2, 0) is 11.3 Å². The molecular formula is C31H41ClN6O2. The molecule has 1 unspecified atom stereocenters. The summed E-state index contributed by atoms with van der Waals surface area (Å²) < 4.78 is 0. The molecule has 2 aliphatic rings. The molecule has 2 fully saturated rings. The first-order chi connectivity index (χ1) is 19.3. The highest BCUT2D eigenvalue weighted by atomic mass is 35.5. The van der Waals surface area contributed by atoms with Gasteiger partial charge in [-0.15, -0.1) is 0 Å². The smallest absolute Gasteiger partial charge is 0.220 e. The Balaban J connectivity index is 1.06. The van der Waals surface area contributed by atoms with E-state index in [9.17, 15) is 9.90 Å². The van der Waals surface area contributed by atoms with E-state index < -0.39 is 6.23 Å². The fourth-order valence-corrected chi connectivity index (χ4v) is 5.71. The van der Waals surface area contributed by atoms with Crippen molar-refractivity contribution < 1.29 is 9.90 Å². The molecule has 5 rings (SSSR count). The molecule has 2 aliphatic heterocycles. The Kier molecular flexibility index (Phi) is 9.42. The van der Waals surface area contributed by atoms with Gasteiger partial charge in [-0.3, -0.25) is 9.69 Å². The van der Waals surface area contributed by atoms with Crippen LogP contribution in [-0.4, -0.2) is 84.4 Å². The number of carbonyl (C=O) groups excluding carboxylic acids is 1. The summed E-state index contributed by atoms with van der Waals surface area (Å²) in [5.41, 5.74) is 4.19. The van der Waals surface area contributed by atoms with E-state index in [0.717, 1.165) is 91.6 Å². The van der Waals surface area contributed by atoms with E-state index in [0.29, 0.717) is 6.42 Å². The van der Waals surface area contributed by atoms with Gasteiger partial charge in [0.1, 0.15) is 12.0 Å². The maximum atomic E-state index is 12.6. The van der Waals surface area contributed by atoms with E-state index in [1.165, 1.54) is 5.56 Å². The topological polar surface area (TPSA) is 84.0 Å². The predicted molar refractivity (Wildman–Crippen MR) is 163 cm³/mol. The van der Waals surface area contributed by atoms with Crippen molar-refractivity contribution in [3.8, 4) is 0 Å². The number of carbonyl (C=O) groups is 1. The second-order valence-corrected chi connectivity index (χ2v) is 11.7. The number of likely N-dealkylation sites (tertiary alicyclic amines) is 1. The van der Waals surface area contributed by atoms with Gasteiger partial charge in [0, 0.05) is 80.8 Å². The third-order valence-electron chi connectivity index (χ3n) is 8.08. The molecule has 0 saturated carbocycles. The molecule has 9 heteroatoms. The van der Waals surface area contributed by atoms with Crippen molar-refractivity contribution in [1.82, 2.24) is 20.1 Å². The van der Waals surface area contributed by atoms with E-state index in [1.54, 1.807) is 0 Å². The quantitative estimate of drug-likeness (QED) is 0.335. The molecule has 3 heterocycles. The van der Waals surface area contributed by atoms with Gasteiger partial charge in [-0.05, 0) is 74.3 Å². The number of hydrogen-bond acceptors (Lipinski definition) is 7. The standard InChI is InChI=1S/C31H41ClN6O2/c1-22-19-29(38-17-15-36(2)16-18-38)35-28-8-7-26(20-27(22)28)34-31(40)10-9-30(39)33-25-11-13-37(14-12-25)21-23-3-5-24(32)6-4-23/h3-8,19-20,25,31,34,40H,9-18,21H2,1-2H3,(H,33,39). The number of aliphatic hydroxyl groups excluding tert-OH is 1. The van der Waals surface area contributed by atoms with Gasteiger partial charge in [-0.1, -0.05) is 23.7 Å². The van der Waals surface area contributed by atoms with Crippen LogP contribution < -0.4 is 15.5 Å². The van der Waals surface area contributed by atoms with Gasteiger partial charge < -0.3 is 25.5 Å². The molecule has 1 aromatic heterocycles. The van der Waals surface area contributed by atoms with Crippen molar-refractivity contribution >= 4 is 39.9 Å². The number of halogens is 1. The van der Waals surface area contributed by atoms with Gasteiger partial charge in [0.05, 0.1) is 5.52 Å². The summed E-state index contributed by atoms with van der Waals surface area (Å²) in [6.07, 6.45) is 1.69. The Labute approximate surface area is 242 Å². The molecule has 214 valence electrons. The summed E-state index contributed by atoms with van der Waals surface area (Å²) in [6.45, 7) is 8.96. The molecule has 2 aromatic carbocycles. The van der Waals surface area contributed by atoms with E-state index in [-0.39, 0.29) is 18.4 Å². The van der Waals surface area contributed by atoms with E-state index in [4.69, 9.17) is 16.6 Å². The Morgan fingerprint density at radius 3 is 2.50 bits per heavy atom. The second-order valence-electron chi connectivity index (χ2n) is 11.3. The van der Waals surface area contributed by atoms with Crippen molar-refractivity contribution in [3.05, 3.63) is 64.7 Å². The first kappa shape index (κ1) is 28.6. The molecule has 40 heavy (non-hydrogen) atoms. The van der Waals surface area contributed by atoms with Crippen LogP contribution in [0.2, 0.25) is 5.02 Å². The van der Waals surface area contributed by atoms with Gasteiger partial charge in [0.2, 0.25) is 5.91 Å². The molecule has 0 radical (unpaired) electrons. The zero-order valence-electron chi connectivity index (χ0n) is 23.6. The SMILES string of the molecule is Cc1cc(N2CCN(C)CC2)nc2ccc(NC(O)CCC(=O)NC3CCN(Cc4ccc(Cl)cc4)CC3)cc12. The zero-order valence-corrected chi connectivity index (χ0v) is 24.3. The monoisotopic (exact) mass is 564 g/mol. The number of fused-ring (bicyclic) bond motifs is 1. The normalized spacial score (nSPS) is 18.1. The van der Waals surface area contributed by atoms with Crippen LogP contribution >= 0.6 is 11.6 Å². The number of rotatable bonds is 9. The first-order valence-corrected chi connectivity index (χ1v) is 14.8. The highest BCUT2D eigenvalue weighted by molar-refractivity contribution is 6.30. The molecule has 3 N–H and O–H groups in total. The van der Waals surface area contributed by atoms with E-state index in [1.807, 2.05) is 30.3 Å². The minimum absolute atomic E-state index is 0.00741. The number of aryl methyl sites for hydroxylation is 1. The number of benzene rings is 2. The fourth-order valence-electron chi connectivity index (χ4n) is 5.58. The van der Waals surface area contributed by atoms with Crippen LogP contribution in [0.4, 0.5) is 11.5 Å². The van der Waals surface area contributed by atoms with Gasteiger partial charge in [-0.25, -0.2) is 4.98 Å². The lowest BCUT2D eigenvalue weighted by molar-refractivity contribution is -0.122. The number of hydrogen-bond donors (Lipinski definition) is 3. The highest BCUT2D eigenvalue weighted by Crippen LogP contribution is 2.26. The Bertz CT molecular complexity index is 1290. The van der Waals surface area contributed by atoms with Crippen LogP contribution in [0.15, 0.2) is 48.5 Å². The fraction of sp³-hybridized carbons (Fsp3) is 0.484. The minimum atomic E-state index is -0.803. The number of piperazine rings is 1. The molecule has 1 amide bonds. The van der Waals surface area contributed by atoms with Crippen molar-refractivity contribution in [3.63, 3.8) is 0 Å². The molecule has 0 aliphatic carbocycles. The number of nitrogens with zero attached hydrogens (tertiary/aromatic N) is 4. The largest absolute Gasteiger partial charge is 0.374 e. The van der Waals surface area contributed by atoms with Crippen LogP contribution in [0.5, 0.6) is 0 Å². The Morgan fingerprint density at radius 1 is 1.05 bits per heavy atom. The predicted octanol–water partition coefficient (Wildman–Crippen LogP) is 4.24. The third kappa shape index (κ3) is 7.63. The molecule has 1 atom stereocenters. The average Bonchev–Trinajstić information content (AvgIpc) is 2.95. The lowest BCUT2D eigenvalue weighted by atomic mass is 10.0. The maximum absolute atomic E-state index is 12.6. The van der Waals surface area contributed by atoms with Gasteiger partial charge in [0.25, 0.3) is 0 Å². The maximum Gasteiger partial charge on any atom is 0.220 e. The summed E-state index contributed by atoms with van der Waals surface area (Å²) in [6, 6.07) is 16.3. The number of piperidine rings is 1. The number of anilines is 2. The molecule has 0 bridgehead atoms. The van der Waals surface area contributed by atoms with Crippen LogP contribution in [0.3, 0.4) is 0 Å². The van der Waals surface area contributed by atoms with Crippen LogP contribution in [0, 0.1) is 6.92 Å².